The van der Waals surface area contributed by atoms with Gasteiger partial charge in [-0.25, -0.2) is 4.79 Å². The summed E-state index contributed by atoms with van der Waals surface area (Å²) in [4.78, 5) is 24.7. The first-order valence-corrected chi connectivity index (χ1v) is 6.51. The minimum absolute atomic E-state index is 0.000762. The predicted octanol–water partition coefficient (Wildman–Crippen LogP) is 2.88. The number of hydrogen-bond donors (Lipinski definition) is 2. The first-order valence-electron chi connectivity index (χ1n) is 6.13. The summed E-state index contributed by atoms with van der Waals surface area (Å²) in [5, 5.41) is 8.93. The molecule has 1 amide bonds. The van der Waals surface area contributed by atoms with Gasteiger partial charge in [0, 0.05) is 6.54 Å². The molecular weight excluding hydrogens is 296 g/mol. The number of halogens is 1. The molecule has 0 aliphatic rings. The molecule has 0 radical (unpaired) electrons. The first kappa shape index (κ1) is 14.9. The monoisotopic (exact) mass is 308 g/mol. The van der Waals surface area contributed by atoms with Gasteiger partial charge in [0.15, 0.2) is 0 Å². The highest BCUT2D eigenvalue weighted by molar-refractivity contribution is 6.33. The van der Waals surface area contributed by atoms with E-state index in [0.717, 1.165) is 0 Å². The molecule has 1 heterocycles. The molecule has 0 aliphatic heterocycles. The van der Waals surface area contributed by atoms with E-state index in [9.17, 15) is 9.59 Å². The van der Waals surface area contributed by atoms with Crippen molar-refractivity contribution in [2.75, 3.05) is 17.2 Å². The Balaban J connectivity index is 2.40. The van der Waals surface area contributed by atoms with Crippen LogP contribution in [0.1, 0.15) is 27.6 Å². The number of nitrogens with two attached hydrogens (primary N) is 1. The maximum absolute atomic E-state index is 12.4. The Morgan fingerprint density at radius 1 is 1.38 bits per heavy atom. The molecule has 0 saturated heterocycles. The van der Waals surface area contributed by atoms with Crippen molar-refractivity contribution in [3.8, 4) is 0 Å². The van der Waals surface area contributed by atoms with E-state index < -0.39 is 5.97 Å². The Bertz CT molecular complexity index is 696. The summed E-state index contributed by atoms with van der Waals surface area (Å²) in [5.74, 6) is -1.45. The zero-order valence-corrected chi connectivity index (χ0v) is 11.9. The molecule has 7 heteroatoms. The SMILES string of the molecule is CCN(C(=O)c1ccoc1Cl)c1ccc(C(=O)O)cc1N. The number of aromatic carboxylic acids is 1. The average Bonchev–Trinajstić information content (AvgIpc) is 2.87. The molecule has 110 valence electrons. The van der Waals surface area contributed by atoms with Crippen LogP contribution in [-0.4, -0.2) is 23.5 Å². The van der Waals surface area contributed by atoms with Crippen LogP contribution < -0.4 is 10.6 Å². The fourth-order valence-corrected chi connectivity index (χ4v) is 2.14. The number of carbonyl (C=O) groups excluding carboxylic acids is 1. The predicted molar refractivity (Wildman–Crippen MR) is 78.9 cm³/mol. The summed E-state index contributed by atoms with van der Waals surface area (Å²) in [6.45, 7) is 2.12. The van der Waals surface area contributed by atoms with Crippen LogP contribution in [0.15, 0.2) is 34.9 Å². The van der Waals surface area contributed by atoms with E-state index in [2.05, 4.69) is 0 Å². The summed E-state index contributed by atoms with van der Waals surface area (Å²) in [6, 6.07) is 5.66. The third-order valence-electron chi connectivity index (χ3n) is 2.98. The highest BCUT2D eigenvalue weighted by Gasteiger charge is 2.22. The van der Waals surface area contributed by atoms with Crippen LogP contribution in [0, 0.1) is 0 Å². The number of furan rings is 1. The molecule has 0 fully saturated rings. The Labute approximate surface area is 125 Å². The zero-order valence-electron chi connectivity index (χ0n) is 11.2. The first-order chi connectivity index (χ1) is 9.95. The number of hydrogen-bond acceptors (Lipinski definition) is 4. The molecule has 0 unspecified atom stereocenters. The van der Waals surface area contributed by atoms with Crippen LogP contribution in [-0.2, 0) is 0 Å². The van der Waals surface area contributed by atoms with E-state index in [1.807, 2.05) is 0 Å². The fraction of sp³-hybridized carbons (Fsp3) is 0.143. The molecule has 6 nitrogen and oxygen atoms in total. The fourth-order valence-electron chi connectivity index (χ4n) is 1.95. The summed E-state index contributed by atoms with van der Waals surface area (Å²) < 4.78 is 4.91. The Morgan fingerprint density at radius 2 is 2.10 bits per heavy atom. The molecule has 3 N–H and O–H groups in total. The van der Waals surface area contributed by atoms with Crippen molar-refractivity contribution in [3.63, 3.8) is 0 Å². The minimum Gasteiger partial charge on any atom is -0.478 e. The highest BCUT2D eigenvalue weighted by atomic mass is 35.5. The van der Waals surface area contributed by atoms with Gasteiger partial charge in [0.1, 0.15) is 0 Å². The molecule has 1 aromatic heterocycles. The van der Waals surface area contributed by atoms with Crippen molar-refractivity contribution in [3.05, 3.63) is 46.9 Å². The number of carbonyl (C=O) groups is 2. The van der Waals surface area contributed by atoms with E-state index in [1.165, 1.54) is 35.4 Å². The van der Waals surface area contributed by atoms with Crippen molar-refractivity contribution < 1.29 is 19.1 Å². The lowest BCUT2D eigenvalue weighted by atomic mass is 10.1. The van der Waals surface area contributed by atoms with Gasteiger partial charge in [-0.1, -0.05) is 0 Å². The number of nitrogens with zero attached hydrogens (tertiary/aromatic N) is 1. The van der Waals surface area contributed by atoms with E-state index in [-0.39, 0.29) is 27.9 Å². The number of nitrogen functional groups attached to an aromatic ring is 1. The second-order valence-corrected chi connectivity index (χ2v) is 4.58. The summed E-state index contributed by atoms with van der Waals surface area (Å²) in [5.41, 5.74) is 6.75. The van der Waals surface area contributed by atoms with Crippen LogP contribution >= 0.6 is 11.6 Å². The van der Waals surface area contributed by atoms with E-state index in [0.29, 0.717) is 12.2 Å². The molecule has 0 spiro atoms. The lowest BCUT2D eigenvalue weighted by Gasteiger charge is -2.22. The molecule has 0 saturated carbocycles. The van der Waals surface area contributed by atoms with Crippen LogP contribution in [0.4, 0.5) is 11.4 Å². The summed E-state index contributed by atoms with van der Waals surface area (Å²) in [7, 11) is 0. The second-order valence-electron chi connectivity index (χ2n) is 4.24. The maximum Gasteiger partial charge on any atom is 0.335 e. The van der Waals surface area contributed by atoms with Crippen molar-refractivity contribution in [2.45, 2.75) is 6.92 Å². The lowest BCUT2D eigenvalue weighted by molar-refractivity contribution is 0.0697. The normalized spacial score (nSPS) is 10.4. The number of anilines is 2. The quantitative estimate of drug-likeness (QED) is 0.846. The number of benzene rings is 1. The van der Waals surface area contributed by atoms with Crippen molar-refractivity contribution in [2.24, 2.45) is 0 Å². The highest BCUT2D eigenvalue weighted by Crippen LogP contribution is 2.28. The van der Waals surface area contributed by atoms with Crippen molar-refractivity contribution >= 4 is 34.9 Å². The van der Waals surface area contributed by atoms with E-state index >= 15 is 0 Å². The Hall–Kier alpha value is -2.47. The third-order valence-corrected chi connectivity index (χ3v) is 3.27. The minimum atomic E-state index is -1.08. The second kappa shape index (κ2) is 5.88. The molecule has 2 aromatic rings. The van der Waals surface area contributed by atoms with Crippen molar-refractivity contribution in [1.82, 2.24) is 0 Å². The number of carboxylic acid groups (broad SMARTS) is 1. The molecule has 1 aromatic carbocycles. The maximum atomic E-state index is 12.4. The van der Waals surface area contributed by atoms with Crippen LogP contribution in [0.25, 0.3) is 0 Å². The molecule has 21 heavy (non-hydrogen) atoms. The van der Waals surface area contributed by atoms with Gasteiger partial charge < -0.3 is 20.2 Å². The van der Waals surface area contributed by atoms with Crippen molar-refractivity contribution in [1.29, 1.82) is 0 Å². The molecule has 0 aliphatic carbocycles. The van der Waals surface area contributed by atoms with E-state index in [1.54, 1.807) is 6.92 Å². The third kappa shape index (κ3) is 2.85. The van der Waals surface area contributed by atoms with Crippen LogP contribution in [0.2, 0.25) is 5.22 Å². The summed E-state index contributed by atoms with van der Waals surface area (Å²) in [6.07, 6.45) is 1.32. The number of amides is 1. The molecular formula is C14H13ClN2O4. The summed E-state index contributed by atoms with van der Waals surface area (Å²) >= 11 is 5.81. The largest absolute Gasteiger partial charge is 0.478 e. The smallest absolute Gasteiger partial charge is 0.335 e. The van der Waals surface area contributed by atoms with Gasteiger partial charge in [-0.2, -0.15) is 0 Å². The Kier molecular flexibility index (Phi) is 4.18. The molecule has 0 bridgehead atoms. The van der Waals surface area contributed by atoms with Gasteiger partial charge >= 0.3 is 5.97 Å². The van der Waals surface area contributed by atoms with Gasteiger partial charge in [-0.05, 0) is 42.8 Å². The molecule has 0 atom stereocenters. The van der Waals surface area contributed by atoms with Gasteiger partial charge in [0.25, 0.3) is 5.91 Å². The Morgan fingerprint density at radius 3 is 2.57 bits per heavy atom. The topological polar surface area (TPSA) is 96.8 Å². The van der Waals surface area contributed by atoms with Gasteiger partial charge in [-0.15, -0.1) is 0 Å². The number of carboxylic acids is 1. The molecule has 2 rings (SSSR count). The van der Waals surface area contributed by atoms with E-state index in [4.69, 9.17) is 26.9 Å². The average molecular weight is 309 g/mol. The van der Waals surface area contributed by atoms with Gasteiger partial charge in [0.05, 0.1) is 28.8 Å². The van der Waals surface area contributed by atoms with Gasteiger partial charge in [0.2, 0.25) is 5.22 Å². The lowest BCUT2D eigenvalue weighted by Crippen LogP contribution is -2.31. The zero-order chi connectivity index (χ0) is 15.6. The van der Waals surface area contributed by atoms with Gasteiger partial charge in [-0.3, -0.25) is 4.79 Å². The standard InChI is InChI=1S/C14H13ClN2O4/c1-2-17(13(18)9-5-6-21-12(9)15)11-4-3-8(14(19)20)7-10(11)16/h3-7H,2,16H2,1H3,(H,19,20). The van der Waals surface area contributed by atoms with Crippen LogP contribution in [0.3, 0.4) is 0 Å². The number of rotatable bonds is 4. The van der Waals surface area contributed by atoms with Crippen LogP contribution in [0.5, 0.6) is 0 Å².